The number of nitrogens with one attached hydrogen (secondary N) is 2. The lowest BCUT2D eigenvalue weighted by atomic mass is 10.1. The van der Waals surface area contributed by atoms with E-state index in [1.807, 2.05) is 19.1 Å². The van der Waals surface area contributed by atoms with E-state index in [1.165, 1.54) is 5.56 Å². The number of benzene rings is 1. The van der Waals surface area contributed by atoms with Crippen molar-refractivity contribution in [3.8, 4) is 6.07 Å². The molecule has 1 heterocycles. The molecule has 102 valence electrons. The lowest BCUT2D eigenvalue weighted by Crippen LogP contribution is -2.05. The lowest BCUT2D eigenvalue weighted by Gasteiger charge is -2.11. The Hall–Kier alpha value is -2.61. The molecular weight excluding hydrogens is 250 g/mol. The van der Waals surface area contributed by atoms with Gasteiger partial charge in [0.25, 0.3) is 0 Å². The zero-order valence-electron chi connectivity index (χ0n) is 11.9. The molecule has 5 nitrogen and oxygen atoms in total. The van der Waals surface area contributed by atoms with Gasteiger partial charge in [0.05, 0.1) is 6.07 Å². The Kier molecular flexibility index (Phi) is 4.16. The van der Waals surface area contributed by atoms with Gasteiger partial charge < -0.3 is 10.6 Å². The second-order valence-corrected chi connectivity index (χ2v) is 4.64. The topological polar surface area (TPSA) is 73.6 Å². The van der Waals surface area contributed by atoms with Crippen LogP contribution in [0.25, 0.3) is 0 Å². The highest BCUT2D eigenvalue weighted by Crippen LogP contribution is 2.21. The molecule has 0 aliphatic carbocycles. The Labute approximate surface area is 118 Å². The second kappa shape index (κ2) is 6.02. The Morgan fingerprint density at radius 3 is 2.55 bits per heavy atom. The van der Waals surface area contributed by atoms with Crippen molar-refractivity contribution in [1.29, 1.82) is 5.26 Å². The summed E-state index contributed by atoms with van der Waals surface area (Å²) >= 11 is 0. The Morgan fingerprint density at radius 1 is 1.10 bits per heavy atom. The minimum Gasteiger partial charge on any atom is -0.357 e. The molecule has 0 radical (unpaired) electrons. The molecule has 0 saturated heterocycles. The van der Waals surface area contributed by atoms with Gasteiger partial charge in [-0.1, -0.05) is 17.7 Å². The summed E-state index contributed by atoms with van der Waals surface area (Å²) in [6.07, 6.45) is 0. The molecule has 0 amide bonds. The fourth-order valence-corrected chi connectivity index (χ4v) is 1.94. The number of nitriles is 1. The van der Waals surface area contributed by atoms with E-state index >= 15 is 0 Å². The van der Waals surface area contributed by atoms with Crippen molar-refractivity contribution in [2.24, 2.45) is 0 Å². The first-order valence-electron chi connectivity index (χ1n) is 6.39. The zero-order valence-corrected chi connectivity index (χ0v) is 11.9. The molecule has 0 atom stereocenters. The van der Waals surface area contributed by atoms with Crippen LogP contribution in [0.5, 0.6) is 0 Å². The van der Waals surface area contributed by atoms with Gasteiger partial charge >= 0.3 is 0 Å². The minimum atomic E-state index is 0.222. The highest BCUT2D eigenvalue weighted by Gasteiger charge is 2.04. The van der Waals surface area contributed by atoms with Crippen LogP contribution in [0, 0.1) is 32.1 Å². The Morgan fingerprint density at radius 2 is 1.85 bits per heavy atom. The van der Waals surface area contributed by atoms with Crippen LogP contribution >= 0.6 is 0 Å². The van der Waals surface area contributed by atoms with E-state index in [0.29, 0.717) is 17.5 Å². The standard InChI is InChI=1S/C15H17N5/c1-10-4-5-13(11(2)8-10)20-15-9-14(17-7-6-16)18-12(3)19-15/h4-5,8-9H,7H2,1-3H3,(H2,17,18,19,20). The molecule has 0 unspecified atom stereocenters. The zero-order chi connectivity index (χ0) is 14.5. The fourth-order valence-electron chi connectivity index (χ4n) is 1.94. The lowest BCUT2D eigenvalue weighted by molar-refractivity contribution is 1.05. The molecule has 0 aliphatic heterocycles. The van der Waals surface area contributed by atoms with Crippen molar-refractivity contribution in [1.82, 2.24) is 9.97 Å². The Bertz CT molecular complexity index is 658. The van der Waals surface area contributed by atoms with Crippen molar-refractivity contribution in [3.05, 3.63) is 41.2 Å². The van der Waals surface area contributed by atoms with Gasteiger partial charge in [0.2, 0.25) is 0 Å². The molecule has 20 heavy (non-hydrogen) atoms. The quantitative estimate of drug-likeness (QED) is 0.833. The first-order valence-corrected chi connectivity index (χ1v) is 6.39. The molecule has 0 spiro atoms. The number of aryl methyl sites for hydroxylation is 3. The molecule has 5 heteroatoms. The van der Waals surface area contributed by atoms with E-state index in [9.17, 15) is 0 Å². The van der Waals surface area contributed by atoms with Gasteiger partial charge in [0.15, 0.2) is 0 Å². The van der Waals surface area contributed by atoms with Crippen LogP contribution in [-0.4, -0.2) is 16.5 Å². The molecular formula is C15H17N5. The molecule has 0 aliphatic rings. The molecule has 2 rings (SSSR count). The maximum Gasteiger partial charge on any atom is 0.136 e. The summed E-state index contributed by atoms with van der Waals surface area (Å²) in [4.78, 5) is 8.59. The van der Waals surface area contributed by atoms with Crippen molar-refractivity contribution in [2.45, 2.75) is 20.8 Å². The van der Waals surface area contributed by atoms with E-state index < -0.39 is 0 Å². The summed E-state index contributed by atoms with van der Waals surface area (Å²) in [5.41, 5.74) is 3.40. The summed E-state index contributed by atoms with van der Waals surface area (Å²) in [6, 6.07) is 10.0. The first kappa shape index (κ1) is 13.8. The van der Waals surface area contributed by atoms with Crippen LogP contribution in [0.3, 0.4) is 0 Å². The van der Waals surface area contributed by atoms with Gasteiger partial charge in [-0.25, -0.2) is 9.97 Å². The van der Waals surface area contributed by atoms with Crippen molar-refractivity contribution in [3.63, 3.8) is 0 Å². The average molecular weight is 267 g/mol. The van der Waals surface area contributed by atoms with Crippen molar-refractivity contribution >= 4 is 17.3 Å². The SMILES string of the molecule is Cc1ccc(Nc2cc(NCC#N)nc(C)n2)c(C)c1. The van der Waals surface area contributed by atoms with E-state index in [-0.39, 0.29) is 6.54 Å². The third-order valence-corrected chi connectivity index (χ3v) is 2.83. The van der Waals surface area contributed by atoms with Gasteiger partial charge in [-0.15, -0.1) is 0 Å². The van der Waals surface area contributed by atoms with E-state index in [4.69, 9.17) is 5.26 Å². The third-order valence-electron chi connectivity index (χ3n) is 2.83. The minimum absolute atomic E-state index is 0.222. The van der Waals surface area contributed by atoms with Gasteiger partial charge in [-0.3, -0.25) is 0 Å². The largest absolute Gasteiger partial charge is 0.357 e. The summed E-state index contributed by atoms with van der Waals surface area (Å²) in [5.74, 6) is 2.01. The number of anilines is 3. The molecule has 1 aromatic carbocycles. The monoisotopic (exact) mass is 267 g/mol. The van der Waals surface area contributed by atoms with Gasteiger partial charge in [-0.2, -0.15) is 5.26 Å². The van der Waals surface area contributed by atoms with E-state index in [1.54, 1.807) is 6.07 Å². The Balaban J connectivity index is 2.24. The number of rotatable bonds is 4. The summed E-state index contributed by atoms with van der Waals surface area (Å²) in [7, 11) is 0. The number of hydrogen-bond donors (Lipinski definition) is 2. The van der Waals surface area contributed by atoms with Crippen LogP contribution in [0.15, 0.2) is 24.3 Å². The normalized spacial score (nSPS) is 9.90. The highest BCUT2D eigenvalue weighted by molar-refractivity contribution is 5.63. The smallest absolute Gasteiger partial charge is 0.136 e. The van der Waals surface area contributed by atoms with Gasteiger partial charge in [0.1, 0.15) is 24.0 Å². The highest BCUT2D eigenvalue weighted by atomic mass is 15.1. The molecule has 0 saturated carbocycles. The van der Waals surface area contributed by atoms with Crippen molar-refractivity contribution in [2.75, 3.05) is 17.2 Å². The second-order valence-electron chi connectivity index (χ2n) is 4.64. The van der Waals surface area contributed by atoms with Crippen LogP contribution in [0.4, 0.5) is 17.3 Å². The number of hydrogen-bond acceptors (Lipinski definition) is 5. The number of nitrogens with zero attached hydrogens (tertiary/aromatic N) is 3. The number of aromatic nitrogens is 2. The predicted octanol–water partition coefficient (Wildman–Crippen LogP) is 3.08. The summed E-state index contributed by atoms with van der Waals surface area (Å²) in [6.45, 7) is 6.16. The van der Waals surface area contributed by atoms with Gasteiger partial charge in [-0.05, 0) is 32.4 Å². The molecule has 0 fully saturated rings. The molecule has 2 aromatic rings. The van der Waals surface area contributed by atoms with Crippen LogP contribution in [0.2, 0.25) is 0 Å². The van der Waals surface area contributed by atoms with Crippen LogP contribution in [-0.2, 0) is 0 Å². The first-order chi connectivity index (χ1) is 9.58. The molecule has 2 N–H and O–H groups in total. The maximum absolute atomic E-state index is 8.59. The maximum atomic E-state index is 8.59. The van der Waals surface area contributed by atoms with E-state index in [0.717, 1.165) is 11.3 Å². The summed E-state index contributed by atoms with van der Waals surface area (Å²) < 4.78 is 0. The third kappa shape index (κ3) is 3.45. The fraction of sp³-hybridized carbons (Fsp3) is 0.267. The summed E-state index contributed by atoms with van der Waals surface area (Å²) in [5, 5.41) is 14.8. The van der Waals surface area contributed by atoms with Crippen LogP contribution < -0.4 is 10.6 Å². The van der Waals surface area contributed by atoms with Crippen LogP contribution in [0.1, 0.15) is 17.0 Å². The molecule has 0 bridgehead atoms. The van der Waals surface area contributed by atoms with Gasteiger partial charge in [0, 0.05) is 11.8 Å². The average Bonchev–Trinajstić information content (AvgIpc) is 2.39. The molecule has 1 aromatic heterocycles. The van der Waals surface area contributed by atoms with Crippen molar-refractivity contribution < 1.29 is 0 Å². The van der Waals surface area contributed by atoms with E-state index in [2.05, 4.69) is 46.6 Å². The predicted molar refractivity (Wildman–Crippen MR) is 80.1 cm³/mol.